The molecule has 0 amide bonds. The van der Waals surface area contributed by atoms with Gasteiger partial charge in [-0.25, -0.2) is 9.97 Å². The molecule has 6 heteroatoms. The zero-order chi connectivity index (χ0) is 16.1. The van der Waals surface area contributed by atoms with E-state index in [0.717, 1.165) is 41.3 Å². The molecule has 5 rings (SSSR count). The Morgan fingerprint density at radius 1 is 1.12 bits per heavy atom. The van der Waals surface area contributed by atoms with Crippen molar-refractivity contribution in [2.24, 2.45) is 0 Å². The van der Waals surface area contributed by atoms with Crippen LogP contribution in [0.25, 0.3) is 22.4 Å². The highest BCUT2D eigenvalue weighted by Crippen LogP contribution is 2.31. The van der Waals surface area contributed by atoms with Gasteiger partial charge in [-0.2, -0.15) is 0 Å². The third kappa shape index (κ3) is 2.36. The summed E-state index contributed by atoms with van der Waals surface area (Å²) in [6.07, 6.45) is 4.25. The number of pyridine rings is 1. The van der Waals surface area contributed by atoms with Crippen LogP contribution in [-0.4, -0.2) is 40.1 Å². The van der Waals surface area contributed by atoms with E-state index in [0.29, 0.717) is 17.1 Å². The van der Waals surface area contributed by atoms with Gasteiger partial charge in [-0.3, -0.25) is 0 Å². The minimum absolute atomic E-state index is 0.580. The molecule has 2 aliphatic rings. The van der Waals surface area contributed by atoms with E-state index in [1.165, 1.54) is 12.8 Å². The summed E-state index contributed by atoms with van der Waals surface area (Å²) in [4.78, 5) is 15.0. The Kier molecular flexibility index (Phi) is 3.24. The lowest BCUT2D eigenvalue weighted by Gasteiger charge is -2.33. The summed E-state index contributed by atoms with van der Waals surface area (Å²) < 4.78 is 0. The Labute approximate surface area is 145 Å². The average molecular weight is 340 g/mol. The third-order valence-electron chi connectivity index (χ3n) is 5.03. The molecule has 5 nitrogen and oxygen atoms in total. The van der Waals surface area contributed by atoms with Crippen molar-refractivity contribution in [2.45, 2.75) is 24.9 Å². The molecular weight excluding hydrogens is 322 g/mol. The fourth-order valence-corrected chi connectivity index (χ4v) is 4.04. The number of piperazine rings is 1. The second kappa shape index (κ2) is 5.46. The molecule has 2 saturated heterocycles. The first-order valence-corrected chi connectivity index (χ1v) is 8.76. The molecule has 1 aromatic carbocycles. The lowest BCUT2D eigenvalue weighted by atomic mass is 10.2. The second-order valence-electron chi connectivity index (χ2n) is 6.67. The Morgan fingerprint density at radius 2 is 1.92 bits per heavy atom. The van der Waals surface area contributed by atoms with Gasteiger partial charge in [-0.15, -0.1) is 0 Å². The monoisotopic (exact) mass is 339 g/mol. The van der Waals surface area contributed by atoms with Crippen LogP contribution >= 0.6 is 11.6 Å². The first kappa shape index (κ1) is 14.3. The van der Waals surface area contributed by atoms with Crippen molar-refractivity contribution in [1.82, 2.24) is 20.3 Å². The number of fused-ring (bicyclic) bond motifs is 3. The van der Waals surface area contributed by atoms with Gasteiger partial charge in [-0.1, -0.05) is 23.7 Å². The van der Waals surface area contributed by atoms with E-state index in [1.54, 1.807) is 6.20 Å². The van der Waals surface area contributed by atoms with Crippen molar-refractivity contribution in [1.29, 1.82) is 0 Å². The summed E-state index contributed by atoms with van der Waals surface area (Å²) in [5.74, 6) is 1.77. The summed E-state index contributed by atoms with van der Waals surface area (Å²) in [6.45, 7) is 2.01. The van der Waals surface area contributed by atoms with Crippen LogP contribution in [-0.2, 0) is 0 Å². The fourth-order valence-electron chi connectivity index (χ4n) is 3.85. The number of rotatable bonds is 2. The number of H-pyrrole nitrogens is 1. The predicted molar refractivity (Wildman–Crippen MR) is 96.5 cm³/mol. The number of nitrogens with zero attached hydrogens (tertiary/aromatic N) is 3. The summed E-state index contributed by atoms with van der Waals surface area (Å²) in [6, 6.07) is 11.2. The maximum absolute atomic E-state index is 6.41. The Bertz CT molecular complexity index is 860. The Balaban J connectivity index is 1.54. The number of para-hydroxylation sites is 2. The molecule has 0 spiro atoms. The van der Waals surface area contributed by atoms with Crippen molar-refractivity contribution in [3.63, 3.8) is 0 Å². The van der Waals surface area contributed by atoms with E-state index < -0.39 is 0 Å². The Hall–Kier alpha value is -2.11. The maximum atomic E-state index is 6.41. The molecule has 2 atom stereocenters. The average Bonchev–Trinajstić information content (AvgIpc) is 3.18. The quantitative estimate of drug-likeness (QED) is 0.752. The van der Waals surface area contributed by atoms with E-state index >= 15 is 0 Å². The molecule has 0 aliphatic carbocycles. The molecule has 2 aromatic heterocycles. The van der Waals surface area contributed by atoms with Crippen LogP contribution in [0.4, 0.5) is 5.82 Å². The van der Waals surface area contributed by atoms with Crippen LogP contribution in [0.1, 0.15) is 12.8 Å². The van der Waals surface area contributed by atoms with E-state index in [1.807, 2.05) is 24.3 Å². The summed E-state index contributed by atoms with van der Waals surface area (Å²) in [5, 5.41) is 4.27. The van der Waals surface area contributed by atoms with Crippen LogP contribution in [0, 0.1) is 0 Å². The maximum Gasteiger partial charge on any atom is 0.140 e. The minimum atomic E-state index is 0.580. The lowest BCUT2D eigenvalue weighted by Crippen LogP contribution is -2.51. The first-order chi connectivity index (χ1) is 11.8. The number of nitrogens with one attached hydrogen (secondary N) is 2. The molecule has 2 bridgehead atoms. The molecular formula is C18H18ClN5. The zero-order valence-corrected chi connectivity index (χ0v) is 13.9. The van der Waals surface area contributed by atoms with Crippen molar-refractivity contribution < 1.29 is 0 Å². The normalized spacial score (nSPS) is 23.1. The van der Waals surface area contributed by atoms with Gasteiger partial charge in [0.05, 0.1) is 16.1 Å². The molecule has 2 fully saturated rings. The van der Waals surface area contributed by atoms with E-state index in [4.69, 9.17) is 11.6 Å². The van der Waals surface area contributed by atoms with Gasteiger partial charge in [0.25, 0.3) is 0 Å². The highest BCUT2D eigenvalue weighted by Gasteiger charge is 2.32. The highest BCUT2D eigenvalue weighted by molar-refractivity contribution is 6.33. The van der Waals surface area contributed by atoms with Crippen molar-refractivity contribution >= 4 is 28.5 Å². The molecule has 24 heavy (non-hydrogen) atoms. The number of benzene rings is 1. The fraction of sp³-hybridized carbons (Fsp3) is 0.333. The third-order valence-corrected chi connectivity index (χ3v) is 5.33. The zero-order valence-electron chi connectivity index (χ0n) is 13.2. The second-order valence-corrected chi connectivity index (χ2v) is 7.07. The molecule has 2 unspecified atom stereocenters. The molecule has 4 heterocycles. The smallest absolute Gasteiger partial charge is 0.140 e. The van der Waals surface area contributed by atoms with Gasteiger partial charge in [0.2, 0.25) is 0 Å². The molecule has 3 aromatic rings. The number of anilines is 1. The summed E-state index contributed by atoms with van der Waals surface area (Å²) in [5.41, 5.74) is 2.87. The topological polar surface area (TPSA) is 56.8 Å². The van der Waals surface area contributed by atoms with Gasteiger partial charge >= 0.3 is 0 Å². The number of aromatic amines is 1. The molecule has 2 aliphatic heterocycles. The summed E-state index contributed by atoms with van der Waals surface area (Å²) in [7, 11) is 0. The summed E-state index contributed by atoms with van der Waals surface area (Å²) >= 11 is 6.41. The van der Waals surface area contributed by atoms with Crippen LogP contribution in [0.3, 0.4) is 0 Å². The standard InChI is InChI=1S/C18H18ClN5/c19-14-8-20-17(24-9-11-5-6-12(10-24)21-11)7-13(14)18-22-15-3-1-2-4-16(15)23-18/h1-4,7-8,11-12,21H,5-6,9-10H2,(H,22,23). The Morgan fingerprint density at radius 3 is 2.71 bits per heavy atom. The molecule has 0 radical (unpaired) electrons. The van der Waals surface area contributed by atoms with Crippen LogP contribution in [0.5, 0.6) is 0 Å². The van der Waals surface area contributed by atoms with E-state index in [-0.39, 0.29) is 0 Å². The van der Waals surface area contributed by atoms with Gasteiger partial charge < -0.3 is 15.2 Å². The van der Waals surface area contributed by atoms with E-state index in [9.17, 15) is 0 Å². The largest absolute Gasteiger partial charge is 0.353 e. The highest BCUT2D eigenvalue weighted by atomic mass is 35.5. The van der Waals surface area contributed by atoms with Gasteiger partial charge in [0, 0.05) is 36.9 Å². The number of halogens is 1. The van der Waals surface area contributed by atoms with Crippen LogP contribution in [0.2, 0.25) is 5.02 Å². The predicted octanol–water partition coefficient (Wildman–Crippen LogP) is 3.22. The van der Waals surface area contributed by atoms with Crippen LogP contribution in [0.15, 0.2) is 36.5 Å². The number of hydrogen-bond acceptors (Lipinski definition) is 4. The SMILES string of the molecule is Clc1cnc(N2CC3CCC(C2)N3)cc1-c1nc2ccccc2[nH]1. The molecule has 0 saturated carbocycles. The van der Waals surface area contributed by atoms with E-state index in [2.05, 4.69) is 31.2 Å². The number of hydrogen-bond donors (Lipinski definition) is 2. The number of imidazole rings is 1. The lowest BCUT2D eigenvalue weighted by molar-refractivity contribution is 0.463. The van der Waals surface area contributed by atoms with Crippen molar-refractivity contribution in [3.8, 4) is 11.4 Å². The van der Waals surface area contributed by atoms with Gasteiger partial charge in [0.15, 0.2) is 0 Å². The van der Waals surface area contributed by atoms with Gasteiger partial charge in [0.1, 0.15) is 11.6 Å². The number of aromatic nitrogens is 3. The van der Waals surface area contributed by atoms with Crippen molar-refractivity contribution in [3.05, 3.63) is 41.6 Å². The first-order valence-electron chi connectivity index (χ1n) is 8.38. The van der Waals surface area contributed by atoms with Crippen LogP contribution < -0.4 is 10.2 Å². The van der Waals surface area contributed by atoms with Gasteiger partial charge in [-0.05, 0) is 31.0 Å². The van der Waals surface area contributed by atoms with Crippen molar-refractivity contribution in [2.75, 3.05) is 18.0 Å². The minimum Gasteiger partial charge on any atom is -0.353 e. The molecule has 2 N–H and O–H groups in total. The molecule has 122 valence electrons.